The fourth-order valence-electron chi connectivity index (χ4n) is 3.49. The smallest absolute Gasteiger partial charge is 0.224 e. The van der Waals surface area contributed by atoms with E-state index in [0.29, 0.717) is 12.3 Å². The van der Waals surface area contributed by atoms with Gasteiger partial charge in [-0.2, -0.15) is 0 Å². The first kappa shape index (κ1) is 16.8. The van der Waals surface area contributed by atoms with E-state index in [9.17, 15) is 4.79 Å². The van der Waals surface area contributed by atoms with E-state index in [0.717, 1.165) is 54.5 Å². The molecular formula is C20H24N4O2. The highest BCUT2D eigenvalue weighted by molar-refractivity contribution is 5.93. The minimum atomic E-state index is 0.0490. The van der Waals surface area contributed by atoms with Gasteiger partial charge in [0.15, 0.2) is 0 Å². The molecule has 6 heteroatoms. The van der Waals surface area contributed by atoms with Crippen molar-refractivity contribution in [3.63, 3.8) is 0 Å². The Bertz CT molecular complexity index is 911. The molecule has 0 aliphatic carbocycles. The Morgan fingerprint density at radius 3 is 2.96 bits per heavy atom. The molecule has 136 valence electrons. The average Bonchev–Trinajstić information content (AvgIpc) is 3.20. The van der Waals surface area contributed by atoms with Crippen LogP contribution in [0.1, 0.15) is 31.9 Å². The van der Waals surface area contributed by atoms with Crippen LogP contribution in [-0.4, -0.2) is 26.9 Å². The molecule has 0 fully saturated rings. The zero-order valence-corrected chi connectivity index (χ0v) is 15.2. The van der Waals surface area contributed by atoms with E-state index >= 15 is 0 Å². The quantitative estimate of drug-likeness (QED) is 0.762. The lowest BCUT2D eigenvalue weighted by Crippen LogP contribution is -2.33. The molecule has 1 amide bonds. The summed E-state index contributed by atoms with van der Waals surface area (Å²) in [6.07, 6.45) is 2.24. The average molecular weight is 352 g/mol. The van der Waals surface area contributed by atoms with Gasteiger partial charge in [-0.3, -0.25) is 9.69 Å². The molecule has 1 aliphatic heterocycles. The summed E-state index contributed by atoms with van der Waals surface area (Å²) in [5, 5.41) is 2.97. The van der Waals surface area contributed by atoms with Crippen LogP contribution in [0.4, 0.5) is 5.69 Å². The number of rotatable bonds is 5. The molecule has 3 heterocycles. The van der Waals surface area contributed by atoms with Crippen molar-refractivity contribution in [2.45, 2.75) is 39.9 Å². The Kier molecular flexibility index (Phi) is 4.51. The van der Waals surface area contributed by atoms with Gasteiger partial charge in [-0.1, -0.05) is 13.8 Å². The summed E-state index contributed by atoms with van der Waals surface area (Å²) in [7, 11) is 0. The second-order valence-corrected chi connectivity index (χ2v) is 7.32. The van der Waals surface area contributed by atoms with E-state index in [2.05, 4.69) is 20.9 Å². The minimum Gasteiger partial charge on any atom is -0.468 e. The van der Waals surface area contributed by atoms with Gasteiger partial charge in [-0.25, -0.2) is 4.98 Å². The van der Waals surface area contributed by atoms with Gasteiger partial charge in [0.1, 0.15) is 11.6 Å². The Morgan fingerprint density at radius 2 is 2.19 bits per heavy atom. The van der Waals surface area contributed by atoms with Crippen molar-refractivity contribution < 1.29 is 9.21 Å². The zero-order valence-electron chi connectivity index (χ0n) is 15.2. The fraction of sp³-hybridized carbons (Fsp3) is 0.400. The number of amides is 1. The van der Waals surface area contributed by atoms with Gasteiger partial charge in [0.25, 0.3) is 0 Å². The van der Waals surface area contributed by atoms with Crippen molar-refractivity contribution in [3.05, 3.63) is 48.2 Å². The van der Waals surface area contributed by atoms with Gasteiger partial charge in [-0.05, 0) is 36.2 Å². The van der Waals surface area contributed by atoms with Crippen molar-refractivity contribution in [1.82, 2.24) is 14.5 Å². The SMILES string of the molecule is CC(C)CC(=O)Nc1ccc2c(c1)nc1n2CCN(Cc2ccco2)C1. The highest BCUT2D eigenvalue weighted by Gasteiger charge is 2.21. The highest BCUT2D eigenvalue weighted by atomic mass is 16.3. The van der Waals surface area contributed by atoms with Crippen molar-refractivity contribution >= 4 is 22.6 Å². The second kappa shape index (κ2) is 6.96. The van der Waals surface area contributed by atoms with E-state index in [4.69, 9.17) is 9.40 Å². The molecule has 0 unspecified atom stereocenters. The van der Waals surface area contributed by atoms with Crippen LogP contribution in [0.25, 0.3) is 11.0 Å². The summed E-state index contributed by atoms with van der Waals surface area (Å²) in [4.78, 5) is 19.1. The van der Waals surface area contributed by atoms with Gasteiger partial charge in [-0.15, -0.1) is 0 Å². The Labute approximate surface area is 152 Å². The number of imidazole rings is 1. The van der Waals surface area contributed by atoms with Crippen LogP contribution in [0.15, 0.2) is 41.0 Å². The minimum absolute atomic E-state index is 0.0490. The molecule has 0 atom stereocenters. The maximum atomic E-state index is 12.0. The molecule has 26 heavy (non-hydrogen) atoms. The lowest BCUT2D eigenvalue weighted by Gasteiger charge is -2.26. The summed E-state index contributed by atoms with van der Waals surface area (Å²) >= 11 is 0. The second-order valence-electron chi connectivity index (χ2n) is 7.32. The van der Waals surface area contributed by atoms with Crippen LogP contribution in [0, 0.1) is 5.92 Å². The number of aromatic nitrogens is 2. The first-order valence-electron chi connectivity index (χ1n) is 9.12. The Hall–Kier alpha value is -2.60. The number of carbonyl (C=O) groups excluding carboxylic acids is 1. The molecular weight excluding hydrogens is 328 g/mol. The lowest BCUT2D eigenvalue weighted by molar-refractivity contribution is -0.116. The molecule has 1 N–H and O–H groups in total. The van der Waals surface area contributed by atoms with Gasteiger partial charge < -0.3 is 14.3 Å². The number of nitrogens with one attached hydrogen (secondary N) is 1. The Morgan fingerprint density at radius 1 is 1.31 bits per heavy atom. The monoisotopic (exact) mass is 352 g/mol. The fourth-order valence-corrected chi connectivity index (χ4v) is 3.49. The van der Waals surface area contributed by atoms with Crippen molar-refractivity contribution in [3.8, 4) is 0 Å². The number of anilines is 1. The molecule has 1 aliphatic rings. The summed E-state index contributed by atoms with van der Waals surface area (Å²) in [6.45, 7) is 7.55. The predicted octanol–water partition coefficient (Wildman–Crippen LogP) is 3.63. The van der Waals surface area contributed by atoms with Gasteiger partial charge in [0.05, 0.1) is 30.4 Å². The van der Waals surface area contributed by atoms with E-state index in [-0.39, 0.29) is 5.91 Å². The molecule has 2 aromatic heterocycles. The van der Waals surface area contributed by atoms with Crippen molar-refractivity contribution in [2.75, 3.05) is 11.9 Å². The van der Waals surface area contributed by atoms with Crippen LogP contribution < -0.4 is 5.32 Å². The topological polar surface area (TPSA) is 63.3 Å². The number of fused-ring (bicyclic) bond motifs is 3. The third kappa shape index (κ3) is 3.51. The normalized spacial score (nSPS) is 14.7. The predicted molar refractivity (Wildman–Crippen MR) is 101 cm³/mol. The van der Waals surface area contributed by atoms with Crippen LogP contribution in [0.5, 0.6) is 0 Å². The number of carbonyl (C=O) groups is 1. The number of furan rings is 1. The number of benzene rings is 1. The highest BCUT2D eigenvalue weighted by Crippen LogP contribution is 2.24. The molecule has 0 spiro atoms. The first-order valence-corrected chi connectivity index (χ1v) is 9.12. The van der Waals surface area contributed by atoms with Gasteiger partial charge in [0.2, 0.25) is 5.91 Å². The maximum absolute atomic E-state index is 12.0. The molecule has 0 bridgehead atoms. The molecule has 0 saturated heterocycles. The third-order valence-electron chi connectivity index (χ3n) is 4.67. The van der Waals surface area contributed by atoms with Gasteiger partial charge >= 0.3 is 0 Å². The van der Waals surface area contributed by atoms with Crippen LogP contribution in [0.2, 0.25) is 0 Å². The van der Waals surface area contributed by atoms with Crippen molar-refractivity contribution in [1.29, 1.82) is 0 Å². The molecule has 4 rings (SSSR count). The van der Waals surface area contributed by atoms with Gasteiger partial charge in [0, 0.05) is 25.2 Å². The van der Waals surface area contributed by atoms with Crippen LogP contribution >= 0.6 is 0 Å². The molecule has 1 aromatic carbocycles. The summed E-state index contributed by atoms with van der Waals surface area (Å²) in [6, 6.07) is 9.91. The van der Waals surface area contributed by atoms with E-state index in [1.807, 2.05) is 38.1 Å². The number of nitrogens with zero attached hydrogens (tertiary/aromatic N) is 3. The zero-order chi connectivity index (χ0) is 18.1. The largest absolute Gasteiger partial charge is 0.468 e. The lowest BCUT2D eigenvalue weighted by atomic mass is 10.1. The Balaban J connectivity index is 1.51. The molecule has 0 saturated carbocycles. The maximum Gasteiger partial charge on any atom is 0.224 e. The molecule has 3 aromatic rings. The number of hydrogen-bond acceptors (Lipinski definition) is 4. The molecule has 0 radical (unpaired) electrons. The van der Waals surface area contributed by atoms with Crippen molar-refractivity contribution in [2.24, 2.45) is 5.92 Å². The standard InChI is InChI=1S/C20H24N4O2/c1-14(2)10-20(25)21-15-5-6-18-17(11-15)22-19-13-23(7-8-24(18)19)12-16-4-3-9-26-16/h3-6,9,11,14H,7-8,10,12-13H2,1-2H3,(H,21,25). The van der Waals surface area contributed by atoms with Crippen LogP contribution in [-0.2, 0) is 24.4 Å². The van der Waals surface area contributed by atoms with E-state index in [1.54, 1.807) is 6.26 Å². The van der Waals surface area contributed by atoms with E-state index in [1.165, 1.54) is 0 Å². The third-order valence-corrected chi connectivity index (χ3v) is 4.67. The summed E-state index contributed by atoms with van der Waals surface area (Å²) in [5.41, 5.74) is 2.87. The van der Waals surface area contributed by atoms with Crippen LogP contribution in [0.3, 0.4) is 0 Å². The van der Waals surface area contributed by atoms with E-state index < -0.39 is 0 Å². The summed E-state index contributed by atoms with van der Waals surface area (Å²) < 4.78 is 7.73. The first-order chi connectivity index (χ1) is 12.6. The summed E-state index contributed by atoms with van der Waals surface area (Å²) in [5.74, 6) is 2.43. The molecule has 6 nitrogen and oxygen atoms in total. The number of hydrogen-bond donors (Lipinski definition) is 1.